The molecular formula is C15H24N2O3S. The number of unbranched alkanes of at least 4 members (excludes halogenated alkanes) is 2. The summed E-state index contributed by atoms with van der Waals surface area (Å²) in [6.07, 6.45) is 2.95. The maximum atomic E-state index is 12.2. The highest BCUT2D eigenvalue weighted by Gasteiger charge is 2.27. The van der Waals surface area contributed by atoms with Crippen molar-refractivity contribution in [3.05, 3.63) is 18.2 Å². The molecule has 1 aliphatic heterocycles. The van der Waals surface area contributed by atoms with Crippen LogP contribution in [0.4, 0.5) is 5.69 Å². The van der Waals surface area contributed by atoms with Crippen molar-refractivity contribution in [2.75, 3.05) is 18.4 Å². The van der Waals surface area contributed by atoms with Crippen LogP contribution in [0, 0.1) is 0 Å². The molecule has 118 valence electrons. The first-order valence-corrected chi connectivity index (χ1v) is 8.89. The molecule has 2 rings (SSSR count). The fourth-order valence-electron chi connectivity index (χ4n) is 2.21. The lowest BCUT2D eigenvalue weighted by Crippen LogP contribution is -2.40. The number of anilines is 1. The van der Waals surface area contributed by atoms with Crippen molar-refractivity contribution in [1.29, 1.82) is 0 Å². The van der Waals surface area contributed by atoms with E-state index in [0.29, 0.717) is 18.8 Å². The van der Waals surface area contributed by atoms with Crippen molar-refractivity contribution in [3.8, 4) is 5.75 Å². The monoisotopic (exact) mass is 312 g/mol. The third kappa shape index (κ3) is 4.11. The average molecular weight is 312 g/mol. The molecule has 0 atom stereocenters. The fourth-order valence-corrected chi connectivity index (χ4v) is 3.31. The second kappa shape index (κ2) is 6.23. The zero-order valence-electron chi connectivity index (χ0n) is 12.9. The van der Waals surface area contributed by atoms with Gasteiger partial charge in [0.25, 0.3) is 0 Å². The number of ether oxygens (including phenoxy) is 1. The lowest BCUT2D eigenvalue weighted by atomic mass is 10.1. The summed E-state index contributed by atoms with van der Waals surface area (Å²) < 4.78 is 32.9. The predicted octanol–water partition coefficient (Wildman–Crippen LogP) is 2.74. The van der Waals surface area contributed by atoms with Crippen LogP contribution >= 0.6 is 0 Å². The summed E-state index contributed by atoms with van der Waals surface area (Å²) in [7, 11) is -3.45. The number of hydrogen-bond donors (Lipinski definition) is 2. The van der Waals surface area contributed by atoms with Gasteiger partial charge in [0.05, 0.1) is 17.1 Å². The Bertz CT molecular complexity index is 597. The maximum Gasteiger partial charge on any atom is 0.240 e. The van der Waals surface area contributed by atoms with Crippen molar-refractivity contribution in [3.63, 3.8) is 0 Å². The van der Waals surface area contributed by atoms with Crippen molar-refractivity contribution in [2.45, 2.75) is 50.5 Å². The van der Waals surface area contributed by atoms with E-state index in [1.807, 2.05) is 13.8 Å². The van der Waals surface area contributed by atoms with Gasteiger partial charge in [-0.3, -0.25) is 0 Å². The molecule has 0 fully saturated rings. The van der Waals surface area contributed by atoms with E-state index in [1.54, 1.807) is 18.2 Å². The molecule has 1 aromatic rings. The standard InChI is InChI=1S/C15H24N2O3S/c1-4-5-6-9-17-21(18,19)12-7-8-14-13(10-12)16-11-15(2,3)20-14/h7-8,10,16-17H,4-6,9,11H2,1-3H3. The van der Waals surface area contributed by atoms with Gasteiger partial charge in [-0.2, -0.15) is 0 Å². The topological polar surface area (TPSA) is 67.4 Å². The predicted molar refractivity (Wildman–Crippen MR) is 84.4 cm³/mol. The van der Waals surface area contributed by atoms with Crippen LogP contribution < -0.4 is 14.8 Å². The van der Waals surface area contributed by atoms with Crippen LogP contribution in [0.5, 0.6) is 5.75 Å². The normalized spacial score (nSPS) is 16.7. The number of rotatable bonds is 6. The van der Waals surface area contributed by atoms with Gasteiger partial charge in [0.1, 0.15) is 11.4 Å². The summed E-state index contributed by atoms with van der Waals surface area (Å²) in [6, 6.07) is 4.93. The number of sulfonamides is 1. The number of benzene rings is 1. The van der Waals surface area contributed by atoms with E-state index in [0.717, 1.165) is 24.9 Å². The van der Waals surface area contributed by atoms with Crippen LogP contribution in [0.3, 0.4) is 0 Å². The minimum Gasteiger partial charge on any atom is -0.484 e. The third-order valence-corrected chi connectivity index (χ3v) is 4.88. The number of hydrogen-bond acceptors (Lipinski definition) is 4. The highest BCUT2D eigenvalue weighted by atomic mass is 32.2. The molecule has 0 bridgehead atoms. The van der Waals surface area contributed by atoms with E-state index in [4.69, 9.17) is 4.74 Å². The van der Waals surface area contributed by atoms with E-state index >= 15 is 0 Å². The molecule has 5 nitrogen and oxygen atoms in total. The van der Waals surface area contributed by atoms with Gasteiger partial charge in [0.2, 0.25) is 10.0 Å². The van der Waals surface area contributed by atoms with Gasteiger partial charge in [-0.05, 0) is 38.5 Å². The Kier molecular flexibility index (Phi) is 4.78. The molecule has 1 heterocycles. The van der Waals surface area contributed by atoms with Crippen LogP contribution in [0.15, 0.2) is 23.1 Å². The third-order valence-electron chi connectivity index (χ3n) is 3.42. The van der Waals surface area contributed by atoms with Crippen LogP contribution in [0.2, 0.25) is 0 Å². The second-order valence-electron chi connectivity index (χ2n) is 5.98. The van der Waals surface area contributed by atoms with Crippen molar-refractivity contribution < 1.29 is 13.2 Å². The molecule has 0 aliphatic carbocycles. The van der Waals surface area contributed by atoms with Gasteiger partial charge in [-0.25, -0.2) is 13.1 Å². The Balaban J connectivity index is 2.11. The van der Waals surface area contributed by atoms with Gasteiger partial charge in [0.15, 0.2) is 0 Å². The van der Waals surface area contributed by atoms with E-state index in [-0.39, 0.29) is 10.5 Å². The minimum absolute atomic E-state index is 0.272. The molecule has 1 aliphatic rings. The zero-order chi connectivity index (χ0) is 15.5. The minimum atomic E-state index is -3.45. The highest BCUT2D eigenvalue weighted by molar-refractivity contribution is 7.89. The van der Waals surface area contributed by atoms with Crippen LogP contribution in [-0.2, 0) is 10.0 Å². The van der Waals surface area contributed by atoms with Gasteiger partial charge in [-0.1, -0.05) is 19.8 Å². The molecule has 0 aromatic heterocycles. The summed E-state index contributed by atoms with van der Waals surface area (Å²) in [5.41, 5.74) is 0.442. The maximum absolute atomic E-state index is 12.2. The summed E-state index contributed by atoms with van der Waals surface area (Å²) >= 11 is 0. The molecular weight excluding hydrogens is 288 g/mol. The molecule has 21 heavy (non-hydrogen) atoms. The quantitative estimate of drug-likeness (QED) is 0.793. The second-order valence-corrected chi connectivity index (χ2v) is 7.75. The molecule has 0 spiro atoms. The van der Waals surface area contributed by atoms with Crippen LogP contribution in [0.1, 0.15) is 40.0 Å². The highest BCUT2D eigenvalue weighted by Crippen LogP contribution is 2.34. The fraction of sp³-hybridized carbons (Fsp3) is 0.600. The van der Waals surface area contributed by atoms with Crippen LogP contribution in [0.25, 0.3) is 0 Å². The van der Waals surface area contributed by atoms with Crippen molar-refractivity contribution in [2.24, 2.45) is 0 Å². The molecule has 0 saturated carbocycles. The molecule has 0 radical (unpaired) electrons. The molecule has 2 N–H and O–H groups in total. The van der Waals surface area contributed by atoms with E-state index in [9.17, 15) is 8.42 Å². The molecule has 0 amide bonds. The summed E-state index contributed by atoms with van der Waals surface area (Å²) in [5.74, 6) is 0.691. The largest absolute Gasteiger partial charge is 0.484 e. The Morgan fingerprint density at radius 3 is 2.81 bits per heavy atom. The molecule has 0 unspecified atom stereocenters. The van der Waals surface area contributed by atoms with E-state index in [1.165, 1.54) is 0 Å². The Morgan fingerprint density at radius 2 is 2.10 bits per heavy atom. The first kappa shape index (κ1) is 16.1. The first-order valence-electron chi connectivity index (χ1n) is 7.41. The van der Waals surface area contributed by atoms with E-state index in [2.05, 4.69) is 17.0 Å². The van der Waals surface area contributed by atoms with Gasteiger partial charge >= 0.3 is 0 Å². The SMILES string of the molecule is CCCCCNS(=O)(=O)c1ccc2c(c1)NCC(C)(C)O2. The molecule has 0 saturated heterocycles. The number of nitrogens with one attached hydrogen (secondary N) is 2. The molecule has 6 heteroatoms. The average Bonchev–Trinajstić information content (AvgIpc) is 2.42. The Morgan fingerprint density at radius 1 is 1.33 bits per heavy atom. The summed E-state index contributed by atoms with van der Waals surface area (Å²) in [4.78, 5) is 0.272. The van der Waals surface area contributed by atoms with Crippen molar-refractivity contribution in [1.82, 2.24) is 4.72 Å². The zero-order valence-corrected chi connectivity index (χ0v) is 13.7. The lowest BCUT2D eigenvalue weighted by molar-refractivity contribution is 0.116. The summed E-state index contributed by atoms with van der Waals surface area (Å²) in [6.45, 7) is 7.19. The van der Waals surface area contributed by atoms with Gasteiger partial charge in [0, 0.05) is 6.54 Å². The van der Waals surface area contributed by atoms with Gasteiger partial charge in [-0.15, -0.1) is 0 Å². The van der Waals surface area contributed by atoms with Crippen molar-refractivity contribution >= 4 is 15.7 Å². The number of fused-ring (bicyclic) bond motifs is 1. The van der Waals surface area contributed by atoms with Gasteiger partial charge < -0.3 is 10.1 Å². The Hall–Kier alpha value is -1.27. The van der Waals surface area contributed by atoms with E-state index < -0.39 is 10.0 Å². The first-order chi connectivity index (χ1) is 9.84. The summed E-state index contributed by atoms with van der Waals surface area (Å²) in [5, 5.41) is 3.22. The Labute approximate surface area is 127 Å². The molecule has 1 aromatic carbocycles. The smallest absolute Gasteiger partial charge is 0.240 e. The lowest BCUT2D eigenvalue weighted by Gasteiger charge is -2.33. The van der Waals surface area contributed by atoms with Crippen LogP contribution in [-0.4, -0.2) is 27.1 Å².